The summed E-state index contributed by atoms with van der Waals surface area (Å²) < 4.78 is 0. The topological polar surface area (TPSA) is 35.5 Å². The molecule has 3 unspecified atom stereocenters. The summed E-state index contributed by atoms with van der Waals surface area (Å²) >= 11 is 0. The summed E-state index contributed by atoms with van der Waals surface area (Å²) in [5.74, 6) is 1.02. The molecule has 3 atom stereocenters. The number of hydrogen-bond donors (Lipinski definition) is 2. The van der Waals surface area contributed by atoms with Crippen LogP contribution < -0.4 is 5.32 Å². The highest BCUT2D eigenvalue weighted by atomic mass is 16.3. The van der Waals surface area contributed by atoms with Gasteiger partial charge in [-0.2, -0.15) is 0 Å². The van der Waals surface area contributed by atoms with Crippen molar-refractivity contribution in [1.29, 1.82) is 0 Å². The zero-order valence-corrected chi connectivity index (χ0v) is 12.7. The second-order valence-electron chi connectivity index (χ2n) is 6.15. The fourth-order valence-corrected chi connectivity index (χ4v) is 2.84. The molecule has 1 rings (SSSR count). The van der Waals surface area contributed by atoms with Gasteiger partial charge in [-0.25, -0.2) is 0 Å². The molecular weight excluding hydrogens is 224 g/mol. The monoisotopic (exact) mass is 256 g/mol. The molecule has 0 aromatic heterocycles. The van der Waals surface area contributed by atoms with Crippen molar-refractivity contribution in [1.82, 2.24) is 10.2 Å². The fraction of sp³-hybridized carbons (Fsp3) is 1.00. The Hall–Kier alpha value is -0.120. The maximum atomic E-state index is 10.1. The van der Waals surface area contributed by atoms with Crippen LogP contribution >= 0.6 is 0 Å². The van der Waals surface area contributed by atoms with Crippen LogP contribution in [0.5, 0.6) is 0 Å². The molecule has 0 aliphatic carbocycles. The summed E-state index contributed by atoms with van der Waals surface area (Å²) in [6.45, 7) is 13.2. The Kier molecular flexibility index (Phi) is 7.20. The molecule has 0 saturated carbocycles. The first-order chi connectivity index (χ1) is 8.56. The third-order valence-electron chi connectivity index (χ3n) is 4.09. The van der Waals surface area contributed by atoms with Crippen LogP contribution in [0.3, 0.4) is 0 Å². The van der Waals surface area contributed by atoms with Gasteiger partial charge in [-0.1, -0.05) is 27.7 Å². The van der Waals surface area contributed by atoms with E-state index in [-0.39, 0.29) is 6.10 Å². The van der Waals surface area contributed by atoms with Crippen LogP contribution in [0, 0.1) is 11.8 Å². The molecule has 1 fully saturated rings. The van der Waals surface area contributed by atoms with E-state index in [1.165, 1.54) is 19.4 Å². The van der Waals surface area contributed by atoms with E-state index in [4.69, 9.17) is 0 Å². The van der Waals surface area contributed by atoms with Gasteiger partial charge < -0.3 is 15.3 Å². The lowest BCUT2D eigenvalue weighted by Crippen LogP contribution is -2.49. The van der Waals surface area contributed by atoms with Gasteiger partial charge in [-0.15, -0.1) is 0 Å². The van der Waals surface area contributed by atoms with E-state index in [2.05, 4.69) is 37.9 Å². The smallest absolute Gasteiger partial charge is 0.0566 e. The minimum Gasteiger partial charge on any atom is -0.393 e. The lowest BCUT2D eigenvalue weighted by atomic mass is 9.87. The van der Waals surface area contributed by atoms with E-state index in [1.807, 2.05) is 0 Å². The van der Waals surface area contributed by atoms with Crippen molar-refractivity contribution in [2.24, 2.45) is 11.8 Å². The van der Waals surface area contributed by atoms with Crippen LogP contribution in [0.2, 0.25) is 0 Å². The number of hydrogen-bond acceptors (Lipinski definition) is 3. The number of aliphatic hydroxyl groups is 1. The van der Waals surface area contributed by atoms with Crippen molar-refractivity contribution in [2.75, 3.05) is 26.2 Å². The van der Waals surface area contributed by atoms with Crippen LogP contribution in [0.1, 0.15) is 47.0 Å². The maximum Gasteiger partial charge on any atom is 0.0566 e. The van der Waals surface area contributed by atoms with E-state index < -0.39 is 0 Å². The average Bonchev–Trinajstić information content (AvgIpc) is 2.35. The molecule has 0 amide bonds. The predicted molar refractivity (Wildman–Crippen MR) is 77.8 cm³/mol. The van der Waals surface area contributed by atoms with Gasteiger partial charge >= 0.3 is 0 Å². The Bertz CT molecular complexity index is 221. The molecule has 1 aliphatic heterocycles. The molecule has 1 aliphatic rings. The summed E-state index contributed by atoms with van der Waals surface area (Å²) in [4.78, 5) is 2.52. The summed E-state index contributed by atoms with van der Waals surface area (Å²) in [5, 5.41) is 13.7. The van der Waals surface area contributed by atoms with Crippen molar-refractivity contribution in [3.8, 4) is 0 Å². The van der Waals surface area contributed by atoms with Gasteiger partial charge in [0.1, 0.15) is 0 Å². The zero-order chi connectivity index (χ0) is 13.5. The summed E-state index contributed by atoms with van der Waals surface area (Å²) in [6.07, 6.45) is 3.24. The van der Waals surface area contributed by atoms with Crippen LogP contribution in [0.25, 0.3) is 0 Å². The highest BCUT2D eigenvalue weighted by Gasteiger charge is 2.28. The molecule has 3 heteroatoms. The first-order valence-electron chi connectivity index (χ1n) is 7.70. The number of nitrogens with zero attached hydrogens (tertiary/aromatic N) is 1. The standard InChI is InChI=1S/C15H32N2O/c1-5-7-16-14-8-13(9-15(18)12(3)4)10-17(6-2)11-14/h12-16,18H,5-11H2,1-4H3. The second kappa shape index (κ2) is 8.13. The van der Waals surface area contributed by atoms with E-state index in [0.29, 0.717) is 17.9 Å². The predicted octanol–water partition coefficient (Wildman–Crippen LogP) is 2.10. The third-order valence-corrected chi connectivity index (χ3v) is 4.09. The molecule has 1 saturated heterocycles. The summed E-state index contributed by atoms with van der Waals surface area (Å²) in [5.41, 5.74) is 0. The molecule has 2 N–H and O–H groups in total. The van der Waals surface area contributed by atoms with Gasteiger partial charge in [-0.3, -0.25) is 0 Å². The van der Waals surface area contributed by atoms with Crippen molar-refractivity contribution in [3.05, 3.63) is 0 Å². The molecule has 0 bridgehead atoms. The maximum absolute atomic E-state index is 10.1. The Morgan fingerprint density at radius 2 is 2.00 bits per heavy atom. The molecule has 1 heterocycles. The van der Waals surface area contributed by atoms with Crippen molar-refractivity contribution >= 4 is 0 Å². The largest absolute Gasteiger partial charge is 0.393 e. The number of likely N-dealkylation sites (N-methyl/N-ethyl adjacent to an activating group) is 1. The molecule has 18 heavy (non-hydrogen) atoms. The number of rotatable bonds is 7. The van der Waals surface area contributed by atoms with Crippen LogP contribution in [0.4, 0.5) is 0 Å². The number of likely N-dealkylation sites (tertiary alicyclic amines) is 1. The molecule has 108 valence electrons. The van der Waals surface area contributed by atoms with Gasteiger partial charge in [0.25, 0.3) is 0 Å². The molecular formula is C15H32N2O. The summed E-state index contributed by atoms with van der Waals surface area (Å²) in [6, 6.07) is 0.614. The molecule has 0 aromatic rings. The third kappa shape index (κ3) is 5.25. The number of aliphatic hydroxyl groups excluding tert-OH is 1. The highest BCUT2D eigenvalue weighted by Crippen LogP contribution is 2.23. The zero-order valence-electron chi connectivity index (χ0n) is 12.7. The average molecular weight is 256 g/mol. The first kappa shape index (κ1) is 15.9. The van der Waals surface area contributed by atoms with E-state index >= 15 is 0 Å². The van der Waals surface area contributed by atoms with Gasteiger partial charge in [0.2, 0.25) is 0 Å². The molecule has 0 aromatic carbocycles. The van der Waals surface area contributed by atoms with E-state index in [0.717, 1.165) is 26.1 Å². The van der Waals surface area contributed by atoms with Gasteiger partial charge in [0.05, 0.1) is 6.10 Å². The molecule has 0 spiro atoms. The Balaban J connectivity index is 2.45. The van der Waals surface area contributed by atoms with Gasteiger partial charge in [0.15, 0.2) is 0 Å². The Labute approximate surface area is 113 Å². The minimum absolute atomic E-state index is 0.140. The van der Waals surface area contributed by atoms with E-state index in [9.17, 15) is 5.11 Å². The van der Waals surface area contributed by atoms with Crippen molar-refractivity contribution in [2.45, 2.75) is 59.1 Å². The second-order valence-corrected chi connectivity index (χ2v) is 6.15. The van der Waals surface area contributed by atoms with Crippen LogP contribution in [-0.4, -0.2) is 48.3 Å². The van der Waals surface area contributed by atoms with E-state index in [1.54, 1.807) is 0 Å². The highest BCUT2D eigenvalue weighted by molar-refractivity contribution is 4.84. The van der Waals surface area contributed by atoms with Gasteiger partial charge in [-0.05, 0) is 44.2 Å². The van der Waals surface area contributed by atoms with Gasteiger partial charge in [0, 0.05) is 19.1 Å². The Morgan fingerprint density at radius 1 is 1.28 bits per heavy atom. The normalized spacial score (nSPS) is 27.7. The summed E-state index contributed by atoms with van der Waals surface area (Å²) in [7, 11) is 0. The number of nitrogens with one attached hydrogen (secondary N) is 1. The molecule has 3 nitrogen and oxygen atoms in total. The lowest BCUT2D eigenvalue weighted by molar-refractivity contribution is 0.0633. The molecule has 0 radical (unpaired) electrons. The van der Waals surface area contributed by atoms with Crippen molar-refractivity contribution in [3.63, 3.8) is 0 Å². The quantitative estimate of drug-likeness (QED) is 0.732. The first-order valence-corrected chi connectivity index (χ1v) is 7.70. The lowest BCUT2D eigenvalue weighted by Gasteiger charge is -2.38. The van der Waals surface area contributed by atoms with Crippen LogP contribution in [0.15, 0.2) is 0 Å². The number of piperidine rings is 1. The van der Waals surface area contributed by atoms with Crippen LogP contribution in [-0.2, 0) is 0 Å². The fourth-order valence-electron chi connectivity index (χ4n) is 2.84. The minimum atomic E-state index is -0.140. The van der Waals surface area contributed by atoms with Crippen molar-refractivity contribution < 1.29 is 5.11 Å². The Morgan fingerprint density at radius 3 is 2.56 bits per heavy atom. The SMILES string of the molecule is CCCNC1CC(CC(O)C(C)C)CN(CC)C1.